The van der Waals surface area contributed by atoms with Gasteiger partial charge in [-0.15, -0.1) is 13.2 Å². The fraction of sp³-hybridized carbons (Fsp3) is 0.267. The van der Waals surface area contributed by atoms with Crippen LogP contribution in [0.2, 0.25) is 0 Å². The summed E-state index contributed by atoms with van der Waals surface area (Å²) in [7, 11) is 0. The number of rotatable bonds is 4. The average Bonchev–Trinajstić information content (AvgIpc) is 2.49. The SMILES string of the molecule is O=C(NC1CN(c2cnccn2)C1)c1cccc(OC(F)(F)F)c1. The van der Waals surface area contributed by atoms with Crippen molar-refractivity contribution in [1.29, 1.82) is 0 Å². The molecule has 0 radical (unpaired) electrons. The lowest BCUT2D eigenvalue weighted by molar-refractivity contribution is -0.274. The van der Waals surface area contributed by atoms with Crippen LogP contribution in [0.4, 0.5) is 19.0 Å². The van der Waals surface area contributed by atoms with Crippen LogP contribution in [0, 0.1) is 0 Å². The van der Waals surface area contributed by atoms with Crippen LogP contribution < -0.4 is 15.0 Å². The number of nitrogens with one attached hydrogen (secondary N) is 1. The number of halogens is 3. The smallest absolute Gasteiger partial charge is 0.406 e. The number of hydrogen-bond acceptors (Lipinski definition) is 5. The molecule has 0 spiro atoms. The van der Waals surface area contributed by atoms with E-state index in [0.717, 1.165) is 12.1 Å². The number of aromatic nitrogens is 2. The Hall–Kier alpha value is -2.84. The monoisotopic (exact) mass is 338 g/mol. The third-order valence-electron chi connectivity index (χ3n) is 3.42. The van der Waals surface area contributed by atoms with Gasteiger partial charge in [0.05, 0.1) is 12.2 Å². The zero-order valence-electron chi connectivity index (χ0n) is 12.3. The highest BCUT2D eigenvalue weighted by Crippen LogP contribution is 2.23. The van der Waals surface area contributed by atoms with Gasteiger partial charge in [0.15, 0.2) is 0 Å². The Morgan fingerprint density at radius 1 is 1.29 bits per heavy atom. The Morgan fingerprint density at radius 3 is 2.75 bits per heavy atom. The van der Waals surface area contributed by atoms with Gasteiger partial charge in [-0.3, -0.25) is 9.78 Å². The van der Waals surface area contributed by atoms with Gasteiger partial charge in [-0.1, -0.05) is 6.07 Å². The molecule has 1 aliphatic heterocycles. The zero-order chi connectivity index (χ0) is 17.2. The molecular weight excluding hydrogens is 325 g/mol. The Labute approximate surface area is 135 Å². The first-order valence-corrected chi connectivity index (χ1v) is 7.08. The maximum absolute atomic E-state index is 12.2. The summed E-state index contributed by atoms with van der Waals surface area (Å²) < 4.78 is 40.4. The van der Waals surface area contributed by atoms with E-state index >= 15 is 0 Å². The van der Waals surface area contributed by atoms with Crippen molar-refractivity contribution in [2.24, 2.45) is 0 Å². The predicted octanol–water partition coefficient (Wildman–Crippen LogP) is 1.99. The standard InChI is InChI=1S/C15H13F3N4O2/c16-15(17,18)24-12-3-1-2-10(6-12)14(23)21-11-8-22(9-11)13-7-19-4-5-20-13/h1-7,11H,8-9H2,(H,21,23). The number of amides is 1. The summed E-state index contributed by atoms with van der Waals surface area (Å²) in [4.78, 5) is 22.2. The summed E-state index contributed by atoms with van der Waals surface area (Å²) in [6, 6.07) is 4.86. The number of benzene rings is 1. The maximum atomic E-state index is 12.2. The Kier molecular flexibility index (Phi) is 4.24. The van der Waals surface area contributed by atoms with Gasteiger partial charge in [0.1, 0.15) is 11.6 Å². The van der Waals surface area contributed by atoms with E-state index in [1.807, 2.05) is 4.90 Å². The quantitative estimate of drug-likeness (QED) is 0.923. The van der Waals surface area contributed by atoms with Crippen LogP contribution >= 0.6 is 0 Å². The van der Waals surface area contributed by atoms with Crippen LogP contribution in [0.3, 0.4) is 0 Å². The Morgan fingerprint density at radius 2 is 2.08 bits per heavy atom. The second kappa shape index (κ2) is 6.34. The summed E-state index contributed by atoms with van der Waals surface area (Å²) in [5.41, 5.74) is 0.106. The molecule has 0 saturated carbocycles. The van der Waals surface area contributed by atoms with Crippen molar-refractivity contribution in [3.8, 4) is 5.75 Å². The van der Waals surface area contributed by atoms with Gasteiger partial charge in [-0.25, -0.2) is 4.98 Å². The molecule has 24 heavy (non-hydrogen) atoms. The molecule has 126 valence electrons. The number of hydrogen-bond donors (Lipinski definition) is 1. The lowest BCUT2D eigenvalue weighted by atomic mass is 10.1. The normalized spacial score (nSPS) is 14.9. The van der Waals surface area contributed by atoms with Crippen LogP contribution in [0.5, 0.6) is 5.75 Å². The zero-order valence-corrected chi connectivity index (χ0v) is 12.3. The number of anilines is 1. The number of ether oxygens (including phenoxy) is 1. The van der Waals surface area contributed by atoms with Crippen molar-refractivity contribution < 1.29 is 22.7 Å². The van der Waals surface area contributed by atoms with Gasteiger partial charge in [-0.05, 0) is 18.2 Å². The number of alkyl halides is 3. The van der Waals surface area contributed by atoms with Gasteiger partial charge < -0.3 is 15.0 Å². The topological polar surface area (TPSA) is 67.4 Å². The third kappa shape index (κ3) is 3.92. The van der Waals surface area contributed by atoms with Crippen molar-refractivity contribution >= 4 is 11.7 Å². The van der Waals surface area contributed by atoms with Gasteiger partial charge in [-0.2, -0.15) is 0 Å². The number of carbonyl (C=O) groups excluding carboxylic acids is 1. The van der Waals surface area contributed by atoms with Gasteiger partial charge >= 0.3 is 6.36 Å². The largest absolute Gasteiger partial charge is 0.573 e. The van der Waals surface area contributed by atoms with E-state index in [1.54, 1.807) is 18.6 Å². The van der Waals surface area contributed by atoms with Crippen molar-refractivity contribution in [1.82, 2.24) is 15.3 Å². The maximum Gasteiger partial charge on any atom is 0.573 e. The van der Waals surface area contributed by atoms with E-state index in [9.17, 15) is 18.0 Å². The summed E-state index contributed by atoms with van der Waals surface area (Å²) in [6.45, 7) is 1.12. The van der Waals surface area contributed by atoms with E-state index < -0.39 is 18.0 Å². The Balaban J connectivity index is 1.56. The van der Waals surface area contributed by atoms with Crippen LogP contribution in [0.15, 0.2) is 42.9 Å². The minimum Gasteiger partial charge on any atom is -0.406 e. The molecule has 0 bridgehead atoms. The molecule has 0 unspecified atom stereocenters. The molecule has 0 aliphatic carbocycles. The molecule has 1 aromatic heterocycles. The second-order valence-corrected chi connectivity index (χ2v) is 5.21. The highest BCUT2D eigenvalue weighted by Gasteiger charge is 2.32. The van der Waals surface area contributed by atoms with E-state index in [4.69, 9.17) is 0 Å². The highest BCUT2D eigenvalue weighted by molar-refractivity contribution is 5.95. The van der Waals surface area contributed by atoms with Crippen molar-refractivity contribution in [3.63, 3.8) is 0 Å². The summed E-state index contributed by atoms with van der Waals surface area (Å²) in [5, 5.41) is 2.76. The summed E-state index contributed by atoms with van der Waals surface area (Å²) in [6.07, 6.45) is -0.0256. The first kappa shape index (κ1) is 16.0. The molecule has 6 nitrogen and oxygen atoms in total. The predicted molar refractivity (Wildman–Crippen MR) is 78.6 cm³/mol. The minimum absolute atomic E-state index is 0.105. The Bertz CT molecular complexity index is 718. The molecule has 0 atom stereocenters. The summed E-state index contributed by atoms with van der Waals surface area (Å²) in [5.74, 6) is -0.167. The third-order valence-corrected chi connectivity index (χ3v) is 3.42. The highest BCUT2D eigenvalue weighted by atomic mass is 19.4. The van der Waals surface area contributed by atoms with E-state index in [-0.39, 0.29) is 11.6 Å². The fourth-order valence-corrected chi connectivity index (χ4v) is 2.31. The fourth-order valence-electron chi connectivity index (χ4n) is 2.31. The lowest BCUT2D eigenvalue weighted by Gasteiger charge is -2.40. The lowest BCUT2D eigenvalue weighted by Crippen LogP contribution is -2.59. The summed E-state index contributed by atoms with van der Waals surface area (Å²) >= 11 is 0. The molecule has 1 aliphatic rings. The molecule has 1 saturated heterocycles. The molecule has 3 rings (SSSR count). The van der Waals surface area contributed by atoms with Crippen LogP contribution in [-0.2, 0) is 0 Å². The molecule has 1 amide bonds. The molecule has 2 aromatic rings. The van der Waals surface area contributed by atoms with Gasteiger partial charge in [0.25, 0.3) is 5.91 Å². The number of carbonyl (C=O) groups is 1. The number of nitrogens with zero attached hydrogens (tertiary/aromatic N) is 3. The molecule has 1 fully saturated rings. The van der Waals surface area contributed by atoms with Gasteiger partial charge in [0.2, 0.25) is 0 Å². The average molecular weight is 338 g/mol. The molecular formula is C15H13F3N4O2. The molecule has 2 heterocycles. The molecule has 1 N–H and O–H groups in total. The molecule has 9 heteroatoms. The van der Waals surface area contributed by atoms with Crippen LogP contribution in [0.25, 0.3) is 0 Å². The van der Waals surface area contributed by atoms with Crippen LogP contribution in [-0.4, -0.2) is 41.4 Å². The van der Waals surface area contributed by atoms with E-state index in [0.29, 0.717) is 18.9 Å². The van der Waals surface area contributed by atoms with Crippen LogP contribution in [0.1, 0.15) is 10.4 Å². The molecule has 1 aromatic carbocycles. The van der Waals surface area contributed by atoms with Crippen molar-refractivity contribution in [2.75, 3.05) is 18.0 Å². The second-order valence-electron chi connectivity index (χ2n) is 5.21. The van der Waals surface area contributed by atoms with Crippen molar-refractivity contribution in [3.05, 3.63) is 48.4 Å². The van der Waals surface area contributed by atoms with E-state index in [1.165, 1.54) is 12.1 Å². The minimum atomic E-state index is -4.79. The van der Waals surface area contributed by atoms with E-state index in [2.05, 4.69) is 20.0 Å². The first-order chi connectivity index (χ1) is 11.4. The van der Waals surface area contributed by atoms with Gasteiger partial charge in [0, 0.05) is 31.0 Å². The van der Waals surface area contributed by atoms with Crippen molar-refractivity contribution in [2.45, 2.75) is 12.4 Å². The first-order valence-electron chi connectivity index (χ1n) is 7.08.